The number of amides is 2. The number of carbonyl (C=O) groups is 2. The molecule has 1 saturated heterocycles. The summed E-state index contributed by atoms with van der Waals surface area (Å²) in [6.45, 7) is 1.86. The summed E-state index contributed by atoms with van der Waals surface area (Å²) >= 11 is 6.11. The summed E-state index contributed by atoms with van der Waals surface area (Å²) < 4.78 is 26.6. The molecule has 2 heterocycles. The van der Waals surface area contributed by atoms with Crippen LogP contribution in [0.1, 0.15) is 26.3 Å². The molecule has 8 nitrogen and oxygen atoms in total. The highest BCUT2D eigenvalue weighted by molar-refractivity contribution is 6.31. The van der Waals surface area contributed by atoms with Crippen molar-refractivity contribution in [2.24, 2.45) is 7.05 Å². The standard InChI is InChI=1S/C29H26ClFN4O4/c1-34-17-20(16-32-34)24-14-26(28(36)33-23-4-2-3-21(30)13-23)27(39-18-19-5-7-22(31)8-6-19)15-25(24)29(37)35-9-11-38-12-10-35/h2-8,13-17H,9-12,18H2,1H3,(H,33,36). The summed E-state index contributed by atoms with van der Waals surface area (Å²) in [4.78, 5) is 29.0. The van der Waals surface area contributed by atoms with E-state index in [0.717, 1.165) is 0 Å². The summed E-state index contributed by atoms with van der Waals surface area (Å²) in [6.07, 6.45) is 3.42. The Bertz CT molecular complexity index is 1500. The quantitative estimate of drug-likeness (QED) is 0.344. The minimum atomic E-state index is -0.443. The van der Waals surface area contributed by atoms with Crippen molar-refractivity contribution in [2.45, 2.75) is 6.61 Å². The van der Waals surface area contributed by atoms with Crippen LogP contribution in [0.5, 0.6) is 5.75 Å². The Morgan fingerprint density at radius 1 is 1.08 bits per heavy atom. The van der Waals surface area contributed by atoms with Crippen LogP contribution in [0.3, 0.4) is 0 Å². The molecule has 39 heavy (non-hydrogen) atoms. The van der Waals surface area contributed by atoms with E-state index in [-0.39, 0.29) is 29.6 Å². The Balaban J connectivity index is 1.58. The molecule has 1 aromatic heterocycles. The predicted octanol–water partition coefficient (Wildman–Crippen LogP) is 5.18. The molecule has 0 spiro atoms. The highest BCUT2D eigenvalue weighted by Crippen LogP contribution is 2.33. The van der Waals surface area contributed by atoms with Gasteiger partial charge >= 0.3 is 0 Å². The van der Waals surface area contributed by atoms with Crippen molar-refractivity contribution in [1.82, 2.24) is 14.7 Å². The van der Waals surface area contributed by atoms with Gasteiger partial charge in [-0.05, 0) is 53.6 Å². The topological polar surface area (TPSA) is 85.7 Å². The van der Waals surface area contributed by atoms with Crippen molar-refractivity contribution >= 4 is 29.1 Å². The molecule has 4 aromatic rings. The van der Waals surface area contributed by atoms with Crippen LogP contribution in [0, 0.1) is 5.82 Å². The molecule has 1 aliphatic heterocycles. The first-order chi connectivity index (χ1) is 18.9. The summed E-state index contributed by atoms with van der Waals surface area (Å²) in [5.74, 6) is -0.796. The van der Waals surface area contributed by atoms with E-state index in [4.69, 9.17) is 21.1 Å². The van der Waals surface area contributed by atoms with Crippen molar-refractivity contribution in [3.05, 3.63) is 101 Å². The summed E-state index contributed by atoms with van der Waals surface area (Å²) in [5, 5.41) is 7.59. The average Bonchev–Trinajstić information content (AvgIpc) is 3.38. The van der Waals surface area contributed by atoms with Crippen LogP contribution in [0.25, 0.3) is 11.1 Å². The van der Waals surface area contributed by atoms with Crippen LogP contribution in [0.2, 0.25) is 5.02 Å². The third kappa shape index (κ3) is 6.27. The highest BCUT2D eigenvalue weighted by Gasteiger charge is 2.26. The van der Waals surface area contributed by atoms with E-state index in [0.29, 0.717) is 59.3 Å². The molecule has 200 valence electrons. The van der Waals surface area contributed by atoms with E-state index in [1.54, 1.807) is 77.6 Å². The molecule has 0 unspecified atom stereocenters. The molecule has 0 radical (unpaired) electrons. The molecule has 2 amide bonds. The normalized spacial score (nSPS) is 13.3. The third-order valence-corrected chi connectivity index (χ3v) is 6.53. The largest absolute Gasteiger partial charge is 0.488 e. The fraction of sp³-hybridized carbons (Fsp3) is 0.207. The van der Waals surface area contributed by atoms with Crippen molar-refractivity contribution in [3.8, 4) is 16.9 Å². The Morgan fingerprint density at radius 2 is 1.85 bits per heavy atom. The van der Waals surface area contributed by atoms with Gasteiger partial charge in [0.1, 0.15) is 18.2 Å². The Kier molecular flexibility index (Phi) is 7.90. The molecule has 3 aromatic carbocycles. The van der Waals surface area contributed by atoms with Gasteiger partial charge < -0.3 is 19.7 Å². The number of halogens is 2. The second kappa shape index (κ2) is 11.7. The van der Waals surface area contributed by atoms with Crippen molar-refractivity contribution in [2.75, 3.05) is 31.6 Å². The predicted molar refractivity (Wildman–Crippen MR) is 146 cm³/mol. The molecule has 1 N–H and O–H groups in total. The van der Waals surface area contributed by atoms with Gasteiger partial charge in [0.15, 0.2) is 0 Å². The first-order valence-corrected chi connectivity index (χ1v) is 12.7. The average molecular weight is 549 g/mol. The number of aryl methyl sites for hydroxylation is 1. The van der Waals surface area contributed by atoms with Gasteiger partial charge in [0, 0.05) is 42.6 Å². The van der Waals surface area contributed by atoms with Crippen molar-refractivity contribution in [3.63, 3.8) is 0 Å². The minimum absolute atomic E-state index is 0.0646. The molecule has 0 atom stereocenters. The maximum absolute atomic E-state index is 13.7. The van der Waals surface area contributed by atoms with E-state index in [1.807, 2.05) is 0 Å². The number of nitrogens with one attached hydrogen (secondary N) is 1. The summed E-state index contributed by atoms with van der Waals surface area (Å²) in [7, 11) is 1.78. The lowest BCUT2D eigenvalue weighted by molar-refractivity contribution is 0.0303. The van der Waals surface area contributed by atoms with Gasteiger partial charge in [-0.25, -0.2) is 4.39 Å². The van der Waals surface area contributed by atoms with E-state index in [1.165, 1.54) is 12.1 Å². The van der Waals surface area contributed by atoms with Crippen LogP contribution in [-0.4, -0.2) is 52.8 Å². The second-order valence-corrected chi connectivity index (χ2v) is 9.52. The van der Waals surface area contributed by atoms with E-state index in [2.05, 4.69) is 10.4 Å². The zero-order valence-electron chi connectivity index (χ0n) is 21.2. The minimum Gasteiger partial charge on any atom is -0.488 e. The molecular formula is C29H26ClFN4O4. The molecular weight excluding hydrogens is 523 g/mol. The number of nitrogens with zero attached hydrogens (tertiary/aromatic N) is 3. The zero-order valence-corrected chi connectivity index (χ0v) is 22.0. The lowest BCUT2D eigenvalue weighted by atomic mass is 9.96. The van der Waals surface area contributed by atoms with Gasteiger partial charge in [0.2, 0.25) is 0 Å². The SMILES string of the molecule is Cn1cc(-c2cc(C(=O)Nc3cccc(Cl)c3)c(OCc3ccc(F)cc3)cc2C(=O)N2CCOCC2)cn1. The lowest BCUT2D eigenvalue weighted by Crippen LogP contribution is -2.40. The monoisotopic (exact) mass is 548 g/mol. The molecule has 0 bridgehead atoms. The van der Waals surface area contributed by atoms with Crippen LogP contribution < -0.4 is 10.1 Å². The van der Waals surface area contributed by atoms with E-state index < -0.39 is 5.91 Å². The molecule has 10 heteroatoms. The fourth-order valence-electron chi connectivity index (χ4n) is 4.30. The summed E-state index contributed by atoms with van der Waals surface area (Å²) in [6, 6.07) is 15.9. The zero-order chi connectivity index (χ0) is 27.4. The van der Waals surface area contributed by atoms with Gasteiger partial charge in [0.05, 0.1) is 30.5 Å². The van der Waals surface area contributed by atoms with Crippen LogP contribution in [0.15, 0.2) is 73.1 Å². The number of hydrogen-bond acceptors (Lipinski definition) is 5. The second-order valence-electron chi connectivity index (χ2n) is 9.08. The van der Waals surface area contributed by atoms with Gasteiger partial charge in [-0.3, -0.25) is 14.3 Å². The number of aromatic nitrogens is 2. The van der Waals surface area contributed by atoms with Gasteiger partial charge in [-0.2, -0.15) is 5.10 Å². The molecule has 1 aliphatic rings. The molecule has 5 rings (SSSR count). The lowest BCUT2D eigenvalue weighted by Gasteiger charge is -2.28. The fourth-order valence-corrected chi connectivity index (χ4v) is 4.49. The number of rotatable bonds is 7. The van der Waals surface area contributed by atoms with Crippen LogP contribution in [0.4, 0.5) is 10.1 Å². The van der Waals surface area contributed by atoms with E-state index in [9.17, 15) is 14.0 Å². The number of benzene rings is 3. The van der Waals surface area contributed by atoms with Gasteiger partial charge in [-0.15, -0.1) is 0 Å². The number of ether oxygens (including phenoxy) is 2. The Morgan fingerprint density at radius 3 is 2.54 bits per heavy atom. The maximum atomic E-state index is 13.7. The van der Waals surface area contributed by atoms with Crippen molar-refractivity contribution < 1.29 is 23.5 Å². The van der Waals surface area contributed by atoms with Gasteiger partial charge in [0.25, 0.3) is 11.8 Å². The molecule has 0 aliphatic carbocycles. The Hall–Kier alpha value is -4.21. The third-order valence-electron chi connectivity index (χ3n) is 6.30. The number of morpholine rings is 1. The number of carbonyl (C=O) groups excluding carboxylic acids is 2. The maximum Gasteiger partial charge on any atom is 0.259 e. The first kappa shape index (κ1) is 26.4. The highest BCUT2D eigenvalue weighted by atomic mass is 35.5. The first-order valence-electron chi connectivity index (χ1n) is 12.4. The smallest absolute Gasteiger partial charge is 0.259 e. The molecule has 1 fully saturated rings. The van der Waals surface area contributed by atoms with Crippen molar-refractivity contribution in [1.29, 1.82) is 0 Å². The Labute approximate surface area is 229 Å². The van der Waals surface area contributed by atoms with E-state index >= 15 is 0 Å². The van der Waals surface area contributed by atoms with Crippen LogP contribution in [-0.2, 0) is 18.4 Å². The molecule has 0 saturated carbocycles. The summed E-state index contributed by atoms with van der Waals surface area (Å²) in [5.41, 5.74) is 3.03. The number of anilines is 1. The number of hydrogen-bond donors (Lipinski definition) is 1. The van der Waals surface area contributed by atoms with Gasteiger partial charge in [-0.1, -0.05) is 29.8 Å². The van der Waals surface area contributed by atoms with Crippen LogP contribution >= 0.6 is 11.6 Å².